The summed E-state index contributed by atoms with van der Waals surface area (Å²) in [6, 6.07) is 27.4. The maximum Gasteiger partial charge on any atom is 0.295 e. The van der Waals surface area contributed by atoms with Gasteiger partial charge in [0.1, 0.15) is 23.0 Å². The molecule has 0 aliphatic heterocycles. The fourth-order valence-electron chi connectivity index (χ4n) is 4.73. The van der Waals surface area contributed by atoms with Crippen molar-refractivity contribution in [2.75, 3.05) is 10.6 Å². The molecule has 0 fully saturated rings. The first kappa shape index (κ1) is 27.7. The maximum atomic E-state index is 13.2. The number of aromatic nitrogens is 4. The fourth-order valence-corrected chi connectivity index (χ4v) is 4.73. The molecule has 0 atom stereocenters. The molecule has 42 heavy (non-hydrogen) atoms. The van der Waals surface area contributed by atoms with E-state index < -0.39 is 11.5 Å². The molecule has 210 valence electrons. The number of carbonyl (C=O) groups is 1. The maximum absolute atomic E-state index is 13.2. The summed E-state index contributed by atoms with van der Waals surface area (Å²) in [6.07, 6.45) is 1.45. The Morgan fingerprint density at radius 3 is 1.71 bits per heavy atom. The average Bonchev–Trinajstić information content (AvgIpc) is 3.35. The van der Waals surface area contributed by atoms with Gasteiger partial charge in [0.15, 0.2) is 0 Å². The van der Waals surface area contributed by atoms with Crippen molar-refractivity contribution in [3.63, 3.8) is 0 Å². The Bertz CT molecular complexity index is 1970. The number of anilines is 3. The third-order valence-electron chi connectivity index (χ3n) is 7.20. The molecule has 3 aromatic carbocycles. The minimum absolute atomic E-state index is 0.103. The Kier molecular flexibility index (Phi) is 7.49. The van der Waals surface area contributed by atoms with Gasteiger partial charge in [-0.3, -0.25) is 23.7 Å². The van der Waals surface area contributed by atoms with Crippen molar-refractivity contribution >= 4 is 29.0 Å². The molecule has 0 unspecified atom stereocenters. The smallest absolute Gasteiger partial charge is 0.295 e. The molecule has 5 aromatic rings. The number of hydrogen-bond acceptors (Lipinski definition) is 5. The van der Waals surface area contributed by atoms with Gasteiger partial charge < -0.3 is 10.6 Å². The Balaban J connectivity index is 1.36. The molecule has 2 aromatic heterocycles. The number of carbonyl (C=O) groups excluding carboxylic acids is 1. The van der Waals surface area contributed by atoms with E-state index in [1.54, 1.807) is 64.4 Å². The van der Waals surface area contributed by atoms with Crippen LogP contribution >= 0.6 is 0 Å². The number of nitrogens with zero attached hydrogens (tertiary/aromatic N) is 5. The average molecular weight is 560 g/mol. The van der Waals surface area contributed by atoms with E-state index in [0.717, 1.165) is 11.4 Å². The van der Waals surface area contributed by atoms with Crippen LogP contribution in [0.4, 0.5) is 17.1 Å². The van der Waals surface area contributed by atoms with Gasteiger partial charge in [0.25, 0.3) is 17.0 Å². The van der Waals surface area contributed by atoms with Crippen LogP contribution in [0.5, 0.6) is 0 Å². The van der Waals surface area contributed by atoms with E-state index in [1.165, 1.54) is 10.8 Å². The molecule has 0 saturated carbocycles. The number of nitriles is 1. The van der Waals surface area contributed by atoms with E-state index in [1.807, 2.05) is 68.6 Å². The number of nitrogens with one attached hydrogen (secondary N) is 2. The van der Waals surface area contributed by atoms with E-state index >= 15 is 0 Å². The van der Waals surface area contributed by atoms with Gasteiger partial charge in [0.2, 0.25) is 0 Å². The number of para-hydroxylation sites is 2. The molecule has 2 heterocycles. The summed E-state index contributed by atoms with van der Waals surface area (Å²) in [6.45, 7) is 3.59. The largest absolute Gasteiger partial charge is 0.349 e. The van der Waals surface area contributed by atoms with Gasteiger partial charge in [-0.2, -0.15) is 5.26 Å². The van der Waals surface area contributed by atoms with Crippen molar-refractivity contribution in [2.45, 2.75) is 13.8 Å². The van der Waals surface area contributed by atoms with Crippen molar-refractivity contribution in [2.24, 2.45) is 14.1 Å². The Morgan fingerprint density at radius 1 is 0.738 bits per heavy atom. The molecule has 10 heteroatoms. The van der Waals surface area contributed by atoms with Gasteiger partial charge in [0.05, 0.1) is 22.8 Å². The van der Waals surface area contributed by atoms with Crippen molar-refractivity contribution in [1.29, 1.82) is 5.26 Å². The molecular formula is C32H29N7O3. The zero-order valence-corrected chi connectivity index (χ0v) is 23.6. The lowest BCUT2D eigenvalue weighted by atomic mass is 10.1. The van der Waals surface area contributed by atoms with E-state index in [0.29, 0.717) is 28.3 Å². The molecule has 0 saturated heterocycles. The molecule has 0 aliphatic rings. The second-order valence-corrected chi connectivity index (χ2v) is 9.74. The highest BCUT2D eigenvalue weighted by atomic mass is 16.2. The van der Waals surface area contributed by atoms with Crippen LogP contribution in [0, 0.1) is 25.2 Å². The topological polar surface area (TPSA) is 119 Å². The summed E-state index contributed by atoms with van der Waals surface area (Å²) in [5, 5.41) is 15.5. The zero-order valence-electron chi connectivity index (χ0n) is 23.6. The lowest BCUT2D eigenvalue weighted by Crippen LogP contribution is -2.23. The third kappa shape index (κ3) is 5.07. The molecule has 0 bridgehead atoms. The van der Waals surface area contributed by atoms with Crippen LogP contribution in [0.1, 0.15) is 17.0 Å². The summed E-state index contributed by atoms with van der Waals surface area (Å²) >= 11 is 0. The van der Waals surface area contributed by atoms with Crippen LogP contribution in [0.3, 0.4) is 0 Å². The van der Waals surface area contributed by atoms with Gasteiger partial charge in [-0.15, -0.1) is 0 Å². The highest BCUT2D eigenvalue weighted by molar-refractivity contribution is 6.09. The first-order chi connectivity index (χ1) is 20.2. The van der Waals surface area contributed by atoms with Crippen molar-refractivity contribution in [1.82, 2.24) is 18.7 Å². The van der Waals surface area contributed by atoms with Gasteiger partial charge >= 0.3 is 0 Å². The zero-order chi connectivity index (χ0) is 30.0. The molecule has 2 N–H and O–H groups in total. The molecule has 0 radical (unpaired) electrons. The van der Waals surface area contributed by atoms with E-state index in [4.69, 9.17) is 0 Å². The molecular weight excluding hydrogens is 530 g/mol. The Morgan fingerprint density at radius 2 is 1.21 bits per heavy atom. The minimum atomic E-state index is -0.688. The van der Waals surface area contributed by atoms with E-state index in [9.17, 15) is 19.6 Å². The lowest BCUT2D eigenvalue weighted by molar-refractivity contribution is -0.112. The highest BCUT2D eigenvalue weighted by Crippen LogP contribution is 2.21. The lowest BCUT2D eigenvalue weighted by Gasteiger charge is -2.07. The minimum Gasteiger partial charge on any atom is -0.349 e. The molecule has 5 rings (SSSR count). The van der Waals surface area contributed by atoms with Crippen LogP contribution in [-0.2, 0) is 18.9 Å². The van der Waals surface area contributed by atoms with Crippen LogP contribution in [0.2, 0.25) is 0 Å². The van der Waals surface area contributed by atoms with E-state index in [2.05, 4.69) is 10.6 Å². The van der Waals surface area contributed by atoms with Gasteiger partial charge in [-0.25, -0.2) is 9.36 Å². The van der Waals surface area contributed by atoms with Crippen molar-refractivity contribution in [3.8, 4) is 17.4 Å². The monoisotopic (exact) mass is 559 g/mol. The van der Waals surface area contributed by atoms with Gasteiger partial charge in [-0.05, 0) is 61.9 Å². The van der Waals surface area contributed by atoms with E-state index in [-0.39, 0.29) is 16.8 Å². The summed E-state index contributed by atoms with van der Waals surface area (Å²) in [4.78, 5) is 39.4. The first-order valence-corrected chi connectivity index (χ1v) is 13.2. The number of amides is 1. The second kappa shape index (κ2) is 11.3. The summed E-state index contributed by atoms with van der Waals surface area (Å²) in [5.41, 5.74) is 3.80. The SMILES string of the molecule is Cc1c(NC(=O)C(C#N)=Cc2ccc(Nc3c(C)n(C)n(-c4ccccc4)c3=O)cc2)c(=O)n(-c2ccccc2)n1C. The van der Waals surface area contributed by atoms with Crippen LogP contribution < -0.4 is 21.8 Å². The predicted octanol–water partition coefficient (Wildman–Crippen LogP) is 4.57. The first-order valence-electron chi connectivity index (χ1n) is 13.2. The van der Waals surface area contributed by atoms with Gasteiger partial charge in [-0.1, -0.05) is 48.5 Å². The molecule has 0 spiro atoms. The quantitative estimate of drug-likeness (QED) is 0.224. The third-order valence-corrected chi connectivity index (χ3v) is 7.20. The standard InChI is InChI=1S/C32H29N7O3/c1-21-28(31(41)38(36(21)3)26-11-7-5-8-12-26)34-25-17-15-23(16-18-25)19-24(20-33)30(40)35-29-22(2)37(4)39(32(29)42)27-13-9-6-10-14-27/h5-19,34H,1-4H3,(H,35,40). The molecule has 10 nitrogen and oxygen atoms in total. The second-order valence-electron chi connectivity index (χ2n) is 9.74. The number of benzene rings is 3. The van der Waals surface area contributed by atoms with Crippen molar-refractivity contribution < 1.29 is 4.79 Å². The number of hydrogen-bond donors (Lipinski definition) is 2. The van der Waals surface area contributed by atoms with Crippen LogP contribution in [0.15, 0.2) is 100 Å². The number of rotatable bonds is 7. The fraction of sp³-hybridized carbons (Fsp3) is 0.125. The van der Waals surface area contributed by atoms with Gasteiger partial charge in [0, 0.05) is 19.8 Å². The van der Waals surface area contributed by atoms with Crippen molar-refractivity contribution in [3.05, 3.63) is 128 Å². The molecule has 1 amide bonds. The summed E-state index contributed by atoms with van der Waals surface area (Å²) < 4.78 is 6.49. The summed E-state index contributed by atoms with van der Waals surface area (Å²) in [5.74, 6) is -0.688. The summed E-state index contributed by atoms with van der Waals surface area (Å²) in [7, 11) is 3.55. The Hall–Kier alpha value is -5.82. The highest BCUT2D eigenvalue weighted by Gasteiger charge is 2.20. The van der Waals surface area contributed by atoms with Crippen LogP contribution in [-0.4, -0.2) is 24.6 Å². The Labute approximate surface area is 242 Å². The normalized spacial score (nSPS) is 11.3. The molecule has 0 aliphatic carbocycles. The predicted molar refractivity (Wildman–Crippen MR) is 163 cm³/mol. The van der Waals surface area contributed by atoms with Crippen LogP contribution in [0.25, 0.3) is 17.5 Å².